The molecule has 100 valence electrons. The van der Waals surface area contributed by atoms with E-state index in [1.165, 1.54) is 0 Å². The van der Waals surface area contributed by atoms with Gasteiger partial charge >= 0.3 is 5.97 Å². The zero-order valence-electron chi connectivity index (χ0n) is 10.9. The van der Waals surface area contributed by atoms with Crippen molar-refractivity contribution in [3.05, 3.63) is 30.1 Å². The molecule has 1 fully saturated rings. The standard InChI is InChI=1S/C14H16N2O3/c1-14(2)10(6-11(14)17)16-7-15-9-5-3-4-8(12(9)16)13(18)19/h3-5,7,10-11,17H,6H2,1-2H3,(H,18,19). The fraction of sp³-hybridized carbons (Fsp3) is 0.429. The molecule has 2 aromatic rings. The van der Waals surface area contributed by atoms with Crippen LogP contribution in [0.1, 0.15) is 36.7 Å². The first kappa shape index (κ1) is 12.2. The van der Waals surface area contributed by atoms with Crippen LogP contribution < -0.4 is 0 Å². The van der Waals surface area contributed by atoms with E-state index in [0.29, 0.717) is 17.5 Å². The fourth-order valence-corrected chi connectivity index (χ4v) is 2.85. The van der Waals surface area contributed by atoms with E-state index in [9.17, 15) is 15.0 Å². The van der Waals surface area contributed by atoms with E-state index in [0.717, 1.165) is 0 Å². The first-order chi connectivity index (χ1) is 8.93. The number of benzene rings is 1. The van der Waals surface area contributed by atoms with Gasteiger partial charge in [0.25, 0.3) is 0 Å². The minimum Gasteiger partial charge on any atom is -0.478 e. The number of aromatic nitrogens is 2. The number of nitrogens with zero attached hydrogens (tertiary/aromatic N) is 2. The monoisotopic (exact) mass is 260 g/mol. The number of hydrogen-bond acceptors (Lipinski definition) is 3. The predicted octanol–water partition coefficient (Wildman–Crippen LogP) is 2.07. The molecule has 1 aromatic carbocycles. The Morgan fingerprint density at radius 3 is 2.79 bits per heavy atom. The quantitative estimate of drug-likeness (QED) is 0.866. The highest BCUT2D eigenvalue weighted by atomic mass is 16.4. The molecule has 19 heavy (non-hydrogen) atoms. The SMILES string of the molecule is CC1(C)C(O)CC1n1cnc2cccc(C(=O)O)c21. The van der Waals surface area contributed by atoms with Gasteiger partial charge in [-0.3, -0.25) is 0 Å². The smallest absolute Gasteiger partial charge is 0.337 e. The van der Waals surface area contributed by atoms with Crippen molar-refractivity contribution in [1.82, 2.24) is 9.55 Å². The number of carboxylic acids is 1. The van der Waals surface area contributed by atoms with E-state index in [1.807, 2.05) is 18.4 Å². The van der Waals surface area contributed by atoms with Crippen LogP contribution in [0, 0.1) is 5.41 Å². The van der Waals surface area contributed by atoms with E-state index in [2.05, 4.69) is 4.98 Å². The third-order valence-corrected chi connectivity index (χ3v) is 4.32. The summed E-state index contributed by atoms with van der Waals surface area (Å²) < 4.78 is 1.89. The van der Waals surface area contributed by atoms with Crippen LogP contribution in [0.3, 0.4) is 0 Å². The zero-order chi connectivity index (χ0) is 13.8. The second-order valence-electron chi connectivity index (χ2n) is 5.72. The fourth-order valence-electron chi connectivity index (χ4n) is 2.85. The Kier molecular flexibility index (Phi) is 2.44. The number of aromatic carboxylic acids is 1. The molecule has 1 saturated carbocycles. The number of para-hydroxylation sites is 1. The Labute approximate surface area is 110 Å². The average Bonchev–Trinajstić information content (AvgIpc) is 2.78. The van der Waals surface area contributed by atoms with E-state index in [-0.39, 0.29) is 23.1 Å². The number of hydrogen-bond donors (Lipinski definition) is 2. The van der Waals surface area contributed by atoms with Gasteiger partial charge in [0.15, 0.2) is 0 Å². The molecule has 0 bridgehead atoms. The molecular weight excluding hydrogens is 244 g/mol. The van der Waals surface area contributed by atoms with Crippen molar-refractivity contribution in [3.63, 3.8) is 0 Å². The van der Waals surface area contributed by atoms with E-state index in [1.54, 1.807) is 24.5 Å². The summed E-state index contributed by atoms with van der Waals surface area (Å²) in [6.07, 6.45) is 1.95. The molecule has 0 saturated heterocycles. The molecule has 0 amide bonds. The lowest BCUT2D eigenvalue weighted by molar-refractivity contribution is -0.0878. The molecule has 0 spiro atoms. The Morgan fingerprint density at radius 1 is 1.47 bits per heavy atom. The number of aliphatic hydroxyl groups excluding tert-OH is 1. The maximum atomic E-state index is 11.3. The summed E-state index contributed by atoms with van der Waals surface area (Å²) in [5.41, 5.74) is 1.31. The highest BCUT2D eigenvalue weighted by Gasteiger charge is 2.48. The Morgan fingerprint density at radius 2 is 2.21 bits per heavy atom. The number of rotatable bonds is 2. The van der Waals surface area contributed by atoms with Gasteiger partial charge in [0.05, 0.1) is 29.0 Å². The third-order valence-electron chi connectivity index (χ3n) is 4.32. The topological polar surface area (TPSA) is 75.3 Å². The summed E-state index contributed by atoms with van der Waals surface area (Å²) in [6.45, 7) is 3.97. The molecule has 3 rings (SSSR count). The number of fused-ring (bicyclic) bond motifs is 1. The van der Waals surface area contributed by atoms with Crippen molar-refractivity contribution < 1.29 is 15.0 Å². The van der Waals surface area contributed by atoms with Crippen LogP contribution in [0.4, 0.5) is 0 Å². The Balaban J connectivity index is 2.18. The summed E-state index contributed by atoms with van der Waals surface area (Å²) in [6, 6.07) is 5.17. The van der Waals surface area contributed by atoms with Gasteiger partial charge in [0, 0.05) is 11.5 Å². The van der Waals surface area contributed by atoms with E-state index in [4.69, 9.17) is 0 Å². The third kappa shape index (κ3) is 1.58. The van der Waals surface area contributed by atoms with Crippen molar-refractivity contribution in [2.45, 2.75) is 32.4 Å². The average molecular weight is 260 g/mol. The van der Waals surface area contributed by atoms with Crippen molar-refractivity contribution >= 4 is 17.0 Å². The van der Waals surface area contributed by atoms with Gasteiger partial charge in [-0.2, -0.15) is 0 Å². The van der Waals surface area contributed by atoms with E-state index >= 15 is 0 Å². The van der Waals surface area contributed by atoms with Crippen LogP contribution >= 0.6 is 0 Å². The summed E-state index contributed by atoms with van der Waals surface area (Å²) in [5, 5.41) is 19.1. The summed E-state index contributed by atoms with van der Waals surface area (Å²) >= 11 is 0. The Hall–Kier alpha value is -1.88. The van der Waals surface area contributed by atoms with Gasteiger partial charge in [0.2, 0.25) is 0 Å². The van der Waals surface area contributed by atoms with Crippen molar-refractivity contribution in [2.24, 2.45) is 5.41 Å². The maximum absolute atomic E-state index is 11.3. The largest absolute Gasteiger partial charge is 0.478 e. The number of carbonyl (C=O) groups is 1. The van der Waals surface area contributed by atoms with Crippen molar-refractivity contribution in [3.8, 4) is 0 Å². The second kappa shape index (κ2) is 3.81. The van der Waals surface area contributed by atoms with Crippen LogP contribution in [0.25, 0.3) is 11.0 Å². The summed E-state index contributed by atoms with van der Waals surface area (Å²) in [5.74, 6) is -0.954. The molecule has 2 unspecified atom stereocenters. The molecule has 1 aliphatic carbocycles. The molecule has 2 N–H and O–H groups in total. The van der Waals surface area contributed by atoms with Crippen LogP contribution in [-0.2, 0) is 0 Å². The highest BCUT2D eigenvalue weighted by Crippen LogP contribution is 2.50. The lowest BCUT2D eigenvalue weighted by Crippen LogP contribution is -2.49. The molecule has 5 nitrogen and oxygen atoms in total. The minimum absolute atomic E-state index is 0.0769. The molecule has 1 aromatic heterocycles. The lowest BCUT2D eigenvalue weighted by Gasteiger charge is -2.50. The van der Waals surface area contributed by atoms with Gasteiger partial charge in [-0.15, -0.1) is 0 Å². The van der Waals surface area contributed by atoms with Gasteiger partial charge in [-0.25, -0.2) is 9.78 Å². The molecule has 1 heterocycles. The van der Waals surface area contributed by atoms with Crippen molar-refractivity contribution in [1.29, 1.82) is 0 Å². The second-order valence-corrected chi connectivity index (χ2v) is 5.72. The normalized spacial score (nSPS) is 25.2. The number of imidazole rings is 1. The van der Waals surface area contributed by atoms with Crippen LogP contribution in [0.2, 0.25) is 0 Å². The van der Waals surface area contributed by atoms with E-state index < -0.39 is 5.97 Å². The molecule has 2 atom stereocenters. The van der Waals surface area contributed by atoms with Crippen LogP contribution in [0.15, 0.2) is 24.5 Å². The molecule has 0 aliphatic heterocycles. The van der Waals surface area contributed by atoms with Crippen molar-refractivity contribution in [2.75, 3.05) is 0 Å². The number of carboxylic acid groups (broad SMARTS) is 1. The van der Waals surface area contributed by atoms with Gasteiger partial charge in [-0.1, -0.05) is 19.9 Å². The first-order valence-corrected chi connectivity index (χ1v) is 6.30. The summed E-state index contributed by atoms with van der Waals surface area (Å²) in [4.78, 5) is 15.6. The first-order valence-electron chi connectivity index (χ1n) is 6.30. The predicted molar refractivity (Wildman–Crippen MR) is 70.1 cm³/mol. The summed E-state index contributed by atoms with van der Waals surface area (Å²) in [7, 11) is 0. The van der Waals surface area contributed by atoms with Gasteiger partial charge < -0.3 is 14.8 Å². The molecule has 0 radical (unpaired) electrons. The Bertz CT molecular complexity index is 660. The molecular formula is C14H16N2O3. The number of aliphatic hydroxyl groups is 1. The minimum atomic E-state index is -0.954. The maximum Gasteiger partial charge on any atom is 0.337 e. The van der Waals surface area contributed by atoms with Crippen LogP contribution in [0.5, 0.6) is 0 Å². The molecule has 5 heteroatoms. The molecule has 1 aliphatic rings. The van der Waals surface area contributed by atoms with Gasteiger partial charge in [-0.05, 0) is 18.6 Å². The van der Waals surface area contributed by atoms with Crippen LogP contribution in [-0.4, -0.2) is 31.8 Å². The zero-order valence-corrected chi connectivity index (χ0v) is 10.9. The van der Waals surface area contributed by atoms with Gasteiger partial charge in [0.1, 0.15) is 0 Å². The lowest BCUT2D eigenvalue weighted by atomic mass is 9.64. The highest BCUT2D eigenvalue weighted by molar-refractivity contribution is 6.01.